The van der Waals surface area contributed by atoms with Gasteiger partial charge in [-0.25, -0.2) is 0 Å². The van der Waals surface area contributed by atoms with Crippen LogP contribution < -0.4 is 10.6 Å². The van der Waals surface area contributed by atoms with E-state index in [0.717, 1.165) is 29.5 Å². The Morgan fingerprint density at radius 1 is 1.24 bits per heavy atom. The fraction of sp³-hybridized carbons (Fsp3) is 0.462. The van der Waals surface area contributed by atoms with E-state index in [-0.39, 0.29) is 5.91 Å². The predicted octanol–water partition coefficient (Wildman–Crippen LogP) is 3.17. The Morgan fingerprint density at radius 3 is 2.59 bits per heavy atom. The summed E-state index contributed by atoms with van der Waals surface area (Å²) in [6, 6.07) is 7.92. The summed E-state index contributed by atoms with van der Waals surface area (Å²) in [5, 5.41) is 6.10. The van der Waals surface area contributed by atoms with Gasteiger partial charge in [0.2, 0.25) is 5.91 Å². The number of amides is 1. The quantitative estimate of drug-likeness (QED) is 0.759. The monoisotopic (exact) mass is 298 g/mol. The van der Waals surface area contributed by atoms with Crippen molar-refractivity contribution in [2.75, 3.05) is 18.4 Å². The first-order chi connectivity index (χ1) is 8.22. The molecule has 0 bridgehead atoms. The third-order valence-corrected chi connectivity index (χ3v) is 2.91. The lowest BCUT2D eigenvalue weighted by Crippen LogP contribution is -2.26. The molecule has 0 fully saturated rings. The average Bonchev–Trinajstić information content (AvgIpc) is 2.32. The number of benzene rings is 1. The number of nitrogens with one attached hydrogen (secondary N) is 2. The maximum atomic E-state index is 11.4. The number of hydrogen-bond acceptors (Lipinski definition) is 2. The van der Waals surface area contributed by atoms with E-state index < -0.39 is 0 Å². The van der Waals surface area contributed by atoms with Crippen LogP contribution in [0.4, 0.5) is 5.69 Å². The Bertz CT molecular complexity index is 338. The molecule has 0 aliphatic rings. The zero-order valence-electron chi connectivity index (χ0n) is 10.1. The van der Waals surface area contributed by atoms with Crippen molar-refractivity contribution in [3.05, 3.63) is 28.7 Å². The molecule has 0 aliphatic carbocycles. The first-order valence-electron chi connectivity index (χ1n) is 5.98. The largest absolute Gasteiger partial charge is 0.385 e. The van der Waals surface area contributed by atoms with Crippen LogP contribution in [0, 0.1) is 0 Å². The van der Waals surface area contributed by atoms with Crippen molar-refractivity contribution >= 4 is 27.5 Å². The molecular weight excluding hydrogens is 280 g/mol. The highest BCUT2D eigenvalue weighted by Gasteiger charge is 1.99. The van der Waals surface area contributed by atoms with E-state index in [9.17, 15) is 4.79 Å². The Labute approximate surface area is 111 Å². The van der Waals surface area contributed by atoms with Crippen LogP contribution in [0.3, 0.4) is 0 Å². The summed E-state index contributed by atoms with van der Waals surface area (Å²) in [4.78, 5) is 11.4. The average molecular weight is 299 g/mol. The van der Waals surface area contributed by atoms with Gasteiger partial charge in [0.25, 0.3) is 0 Å². The summed E-state index contributed by atoms with van der Waals surface area (Å²) in [7, 11) is 0. The zero-order valence-corrected chi connectivity index (χ0v) is 11.7. The third-order valence-electron chi connectivity index (χ3n) is 2.38. The summed E-state index contributed by atoms with van der Waals surface area (Å²) in [5.74, 6) is 0.114. The lowest BCUT2D eigenvalue weighted by Gasteiger charge is -2.07. The highest BCUT2D eigenvalue weighted by Crippen LogP contribution is 2.13. The number of halogens is 1. The molecule has 17 heavy (non-hydrogen) atoms. The number of hydrogen-bond donors (Lipinski definition) is 2. The molecule has 0 atom stereocenters. The molecule has 0 aromatic heterocycles. The topological polar surface area (TPSA) is 41.1 Å². The zero-order chi connectivity index (χ0) is 12.5. The Hall–Kier alpha value is -1.03. The summed E-state index contributed by atoms with van der Waals surface area (Å²) >= 11 is 3.38. The van der Waals surface area contributed by atoms with Gasteiger partial charge in [-0.1, -0.05) is 29.3 Å². The van der Waals surface area contributed by atoms with Gasteiger partial charge in [-0.05, 0) is 30.7 Å². The molecule has 0 saturated carbocycles. The van der Waals surface area contributed by atoms with Crippen molar-refractivity contribution in [2.24, 2.45) is 0 Å². The van der Waals surface area contributed by atoms with E-state index in [1.807, 2.05) is 24.3 Å². The van der Waals surface area contributed by atoms with Crippen LogP contribution in [0.1, 0.15) is 26.2 Å². The van der Waals surface area contributed by atoms with E-state index in [1.54, 1.807) is 0 Å². The molecule has 4 heteroatoms. The van der Waals surface area contributed by atoms with Crippen LogP contribution in [-0.2, 0) is 4.79 Å². The molecule has 94 valence electrons. The second kappa shape index (κ2) is 8.12. The SMILES string of the molecule is CCCCNC(=O)CCNc1ccc(Br)cc1. The lowest BCUT2D eigenvalue weighted by atomic mass is 10.3. The normalized spacial score (nSPS) is 10.0. The second-order valence-electron chi connectivity index (χ2n) is 3.89. The van der Waals surface area contributed by atoms with Gasteiger partial charge < -0.3 is 10.6 Å². The highest BCUT2D eigenvalue weighted by molar-refractivity contribution is 9.10. The van der Waals surface area contributed by atoms with Gasteiger partial charge in [0, 0.05) is 29.7 Å². The van der Waals surface area contributed by atoms with Gasteiger partial charge in [0.1, 0.15) is 0 Å². The van der Waals surface area contributed by atoms with Crippen molar-refractivity contribution in [3.63, 3.8) is 0 Å². The molecule has 3 nitrogen and oxygen atoms in total. The van der Waals surface area contributed by atoms with Crippen LogP contribution in [-0.4, -0.2) is 19.0 Å². The summed E-state index contributed by atoms with van der Waals surface area (Å²) < 4.78 is 1.06. The van der Waals surface area contributed by atoms with Gasteiger partial charge in [-0.3, -0.25) is 4.79 Å². The molecule has 0 unspecified atom stereocenters. The molecule has 0 heterocycles. The standard InChI is InChI=1S/C13H19BrN2O/c1-2-3-9-16-13(17)8-10-15-12-6-4-11(14)5-7-12/h4-7,15H,2-3,8-10H2,1H3,(H,16,17). The fourth-order valence-electron chi connectivity index (χ4n) is 1.38. The number of rotatable bonds is 7. The minimum absolute atomic E-state index is 0.114. The molecule has 1 aromatic carbocycles. The van der Waals surface area contributed by atoms with Crippen LogP contribution >= 0.6 is 15.9 Å². The van der Waals surface area contributed by atoms with Gasteiger partial charge in [-0.2, -0.15) is 0 Å². The van der Waals surface area contributed by atoms with Crippen LogP contribution in [0.5, 0.6) is 0 Å². The van der Waals surface area contributed by atoms with E-state index in [0.29, 0.717) is 13.0 Å². The smallest absolute Gasteiger partial charge is 0.221 e. The van der Waals surface area contributed by atoms with Crippen molar-refractivity contribution in [2.45, 2.75) is 26.2 Å². The van der Waals surface area contributed by atoms with E-state index in [4.69, 9.17) is 0 Å². The summed E-state index contributed by atoms with van der Waals surface area (Å²) in [5.41, 5.74) is 1.04. The fourth-order valence-corrected chi connectivity index (χ4v) is 1.65. The molecule has 0 radical (unpaired) electrons. The van der Waals surface area contributed by atoms with Gasteiger partial charge >= 0.3 is 0 Å². The first kappa shape index (κ1) is 14.0. The maximum absolute atomic E-state index is 11.4. The predicted molar refractivity (Wildman–Crippen MR) is 75.2 cm³/mol. The van der Waals surface area contributed by atoms with Crippen LogP contribution in [0.25, 0.3) is 0 Å². The molecule has 0 aliphatic heterocycles. The van der Waals surface area contributed by atoms with Crippen LogP contribution in [0.15, 0.2) is 28.7 Å². The Kier molecular flexibility index (Phi) is 6.70. The minimum Gasteiger partial charge on any atom is -0.385 e. The molecule has 0 saturated heterocycles. The van der Waals surface area contributed by atoms with Crippen molar-refractivity contribution in [1.29, 1.82) is 0 Å². The highest BCUT2D eigenvalue weighted by atomic mass is 79.9. The maximum Gasteiger partial charge on any atom is 0.221 e. The molecule has 0 spiro atoms. The molecule has 1 aromatic rings. The second-order valence-corrected chi connectivity index (χ2v) is 4.80. The number of anilines is 1. The Morgan fingerprint density at radius 2 is 1.94 bits per heavy atom. The van der Waals surface area contributed by atoms with Crippen molar-refractivity contribution in [3.8, 4) is 0 Å². The Balaban J connectivity index is 2.14. The van der Waals surface area contributed by atoms with Crippen molar-refractivity contribution < 1.29 is 4.79 Å². The number of carbonyl (C=O) groups excluding carboxylic acids is 1. The van der Waals surface area contributed by atoms with E-state index in [2.05, 4.69) is 33.5 Å². The van der Waals surface area contributed by atoms with Gasteiger partial charge in [-0.15, -0.1) is 0 Å². The van der Waals surface area contributed by atoms with Gasteiger partial charge in [0.15, 0.2) is 0 Å². The number of carbonyl (C=O) groups is 1. The van der Waals surface area contributed by atoms with Gasteiger partial charge in [0.05, 0.1) is 0 Å². The molecular formula is C13H19BrN2O. The summed E-state index contributed by atoms with van der Waals surface area (Å²) in [6.07, 6.45) is 2.67. The first-order valence-corrected chi connectivity index (χ1v) is 6.78. The van der Waals surface area contributed by atoms with Crippen LogP contribution in [0.2, 0.25) is 0 Å². The minimum atomic E-state index is 0.114. The molecule has 1 rings (SSSR count). The lowest BCUT2D eigenvalue weighted by molar-refractivity contribution is -0.120. The third kappa shape index (κ3) is 6.31. The molecule has 1 amide bonds. The summed E-state index contributed by atoms with van der Waals surface area (Å²) in [6.45, 7) is 3.56. The molecule has 2 N–H and O–H groups in total. The van der Waals surface area contributed by atoms with E-state index >= 15 is 0 Å². The van der Waals surface area contributed by atoms with Crippen molar-refractivity contribution in [1.82, 2.24) is 5.32 Å². The van der Waals surface area contributed by atoms with E-state index in [1.165, 1.54) is 0 Å². The number of unbranched alkanes of at least 4 members (excludes halogenated alkanes) is 1.